The quantitative estimate of drug-likeness (QED) is 0.135. The van der Waals surface area contributed by atoms with E-state index in [1.165, 1.54) is 11.9 Å². The minimum absolute atomic E-state index is 0.0174. The second kappa shape index (κ2) is 15.6. The van der Waals surface area contributed by atoms with Gasteiger partial charge in [-0.05, 0) is 56.4 Å². The van der Waals surface area contributed by atoms with E-state index in [0.717, 1.165) is 58.0 Å². The van der Waals surface area contributed by atoms with Crippen molar-refractivity contribution >= 4 is 29.5 Å². The van der Waals surface area contributed by atoms with Gasteiger partial charge in [0.2, 0.25) is 0 Å². The molecule has 1 heterocycles. The number of unbranched alkanes of at least 4 members (excludes halogenated alkanes) is 1. The van der Waals surface area contributed by atoms with Crippen molar-refractivity contribution in [2.75, 3.05) is 32.1 Å². The molecule has 0 aliphatic carbocycles. The van der Waals surface area contributed by atoms with E-state index < -0.39 is 5.91 Å². The van der Waals surface area contributed by atoms with Crippen molar-refractivity contribution in [3.8, 4) is 6.07 Å². The lowest BCUT2D eigenvalue weighted by Crippen LogP contribution is -2.49. The van der Waals surface area contributed by atoms with Gasteiger partial charge in [-0.3, -0.25) is 24.8 Å². The van der Waals surface area contributed by atoms with Crippen LogP contribution in [0.3, 0.4) is 0 Å². The normalized spacial score (nSPS) is 15.7. The molecule has 0 saturated carbocycles. The standard InChI is InChI=1S/C28H40N6O3/c1-5-7-11-22(6-2)19-30-27(36)23-12-14-25(15-13-23)31-32-26(21(3)24(18-29)20-35)28(37)33(4)34-16-9-8-10-17-34/h12-15,20,22,31H,5-11,16-17,19H2,1-4H3,(H,30,36)/b24-21-,32-26-. The number of allylic oxidation sites excluding steroid dienone is 1. The summed E-state index contributed by atoms with van der Waals surface area (Å²) < 4.78 is 0. The third-order valence-electron chi connectivity index (χ3n) is 6.79. The highest BCUT2D eigenvalue weighted by atomic mass is 16.2. The molecule has 200 valence electrons. The summed E-state index contributed by atoms with van der Waals surface area (Å²) in [6, 6.07) is 8.62. The summed E-state index contributed by atoms with van der Waals surface area (Å²) in [7, 11) is 1.67. The average molecular weight is 509 g/mol. The van der Waals surface area contributed by atoms with Crippen molar-refractivity contribution in [2.45, 2.75) is 65.7 Å². The summed E-state index contributed by atoms with van der Waals surface area (Å²) in [6.45, 7) is 8.00. The number of piperidine rings is 1. The summed E-state index contributed by atoms with van der Waals surface area (Å²) in [5.74, 6) is -0.0716. The van der Waals surface area contributed by atoms with Gasteiger partial charge in [-0.1, -0.05) is 39.5 Å². The van der Waals surface area contributed by atoms with Gasteiger partial charge < -0.3 is 5.32 Å². The molecule has 9 nitrogen and oxygen atoms in total. The highest BCUT2D eigenvalue weighted by Gasteiger charge is 2.26. The fourth-order valence-electron chi connectivity index (χ4n) is 4.18. The van der Waals surface area contributed by atoms with Crippen LogP contribution in [0.15, 0.2) is 40.5 Å². The minimum Gasteiger partial charge on any atom is -0.352 e. The van der Waals surface area contributed by atoms with Gasteiger partial charge in [0.15, 0.2) is 12.0 Å². The molecule has 9 heteroatoms. The number of aldehydes is 1. The smallest absolute Gasteiger partial charge is 0.288 e. The summed E-state index contributed by atoms with van der Waals surface area (Å²) in [6.07, 6.45) is 7.97. The molecule has 0 aromatic heterocycles. The summed E-state index contributed by atoms with van der Waals surface area (Å²) in [5, 5.41) is 20.1. The molecule has 1 aromatic rings. The maximum absolute atomic E-state index is 13.3. The minimum atomic E-state index is -0.411. The Kier molecular flexibility index (Phi) is 12.5. The Morgan fingerprint density at radius 1 is 1.19 bits per heavy atom. The third-order valence-corrected chi connectivity index (χ3v) is 6.79. The number of nitrogens with zero attached hydrogens (tertiary/aromatic N) is 4. The Morgan fingerprint density at radius 2 is 1.86 bits per heavy atom. The van der Waals surface area contributed by atoms with Crippen molar-refractivity contribution < 1.29 is 14.4 Å². The molecule has 2 N–H and O–H groups in total. The molecule has 1 fully saturated rings. The van der Waals surface area contributed by atoms with Gasteiger partial charge in [0, 0.05) is 37.8 Å². The van der Waals surface area contributed by atoms with Crippen molar-refractivity contribution in [2.24, 2.45) is 11.0 Å². The number of carbonyl (C=O) groups excluding carboxylic acids is 3. The molecule has 0 spiro atoms. The first kappa shape index (κ1) is 29.7. The zero-order valence-corrected chi connectivity index (χ0v) is 22.5. The van der Waals surface area contributed by atoms with Crippen LogP contribution in [0.2, 0.25) is 0 Å². The predicted octanol–water partition coefficient (Wildman–Crippen LogP) is 4.30. The monoisotopic (exact) mass is 508 g/mol. The number of nitrogens with one attached hydrogen (secondary N) is 2. The second-order valence-corrected chi connectivity index (χ2v) is 9.39. The van der Waals surface area contributed by atoms with Crippen LogP contribution < -0.4 is 10.7 Å². The Labute approximate surface area is 220 Å². The molecular formula is C28H40N6O3. The zero-order chi connectivity index (χ0) is 27.2. The third kappa shape index (κ3) is 8.83. The Bertz CT molecular complexity index is 1020. The van der Waals surface area contributed by atoms with E-state index >= 15 is 0 Å². The number of hydrogen-bond donors (Lipinski definition) is 2. The fourth-order valence-corrected chi connectivity index (χ4v) is 4.18. The van der Waals surface area contributed by atoms with Gasteiger partial charge in [-0.25, -0.2) is 5.01 Å². The molecule has 1 aromatic carbocycles. The van der Waals surface area contributed by atoms with E-state index in [1.54, 1.807) is 31.3 Å². The molecule has 2 rings (SSSR count). The highest BCUT2D eigenvalue weighted by molar-refractivity contribution is 6.45. The van der Waals surface area contributed by atoms with Crippen LogP contribution >= 0.6 is 0 Å². The van der Waals surface area contributed by atoms with E-state index in [1.807, 2.05) is 11.1 Å². The number of hydrazine groups is 1. The lowest BCUT2D eigenvalue weighted by atomic mass is 9.99. The van der Waals surface area contributed by atoms with Gasteiger partial charge in [0.1, 0.15) is 6.07 Å². The summed E-state index contributed by atoms with van der Waals surface area (Å²) >= 11 is 0. The van der Waals surface area contributed by atoms with E-state index in [2.05, 4.69) is 29.7 Å². The van der Waals surface area contributed by atoms with Crippen molar-refractivity contribution in [1.29, 1.82) is 5.26 Å². The number of amides is 2. The molecule has 1 aliphatic rings. The van der Waals surface area contributed by atoms with Crippen LogP contribution in [0.25, 0.3) is 0 Å². The Balaban J connectivity index is 2.15. The SMILES string of the molecule is CCCCC(CC)CNC(=O)c1ccc(N/N=C(C(=O)N(C)N2CCCCC2)/C(C)=C(/C#N)C=O)cc1. The largest absolute Gasteiger partial charge is 0.352 e. The zero-order valence-electron chi connectivity index (χ0n) is 22.5. The lowest BCUT2D eigenvalue weighted by Gasteiger charge is -2.34. The molecule has 0 bridgehead atoms. The van der Waals surface area contributed by atoms with E-state index in [9.17, 15) is 19.6 Å². The Hall–Kier alpha value is -3.51. The molecule has 0 radical (unpaired) electrons. The summed E-state index contributed by atoms with van der Waals surface area (Å²) in [5.41, 5.74) is 3.97. The van der Waals surface area contributed by atoms with Crippen LogP contribution in [0, 0.1) is 17.2 Å². The maximum Gasteiger partial charge on any atom is 0.288 e. The van der Waals surface area contributed by atoms with E-state index in [0.29, 0.717) is 30.0 Å². The van der Waals surface area contributed by atoms with Gasteiger partial charge in [-0.15, -0.1) is 0 Å². The molecule has 1 saturated heterocycles. The topological polar surface area (TPSA) is 118 Å². The molecule has 2 amide bonds. The lowest BCUT2D eigenvalue weighted by molar-refractivity contribution is -0.139. The number of benzene rings is 1. The molecule has 1 atom stereocenters. The molecule has 1 unspecified atom stereocenters. The van der Waals surface area contributed by atoms with Crippen molar-refractivity contribution in [3.05, 3.63) is 41.0 Å². The predicted molar refractivity (Wildman–Crippen MR) is 146 cm³/mol. The maximum atomic E-state index is 13.3. The number of nitriles is 1. The first-order chi connectivity index (χ1) is 17.9. The van der Waals surface area contributed by atoms with Crippen LogP contribution in [0.4, 0.5) is 5.69 Å². The molecule has 37 heavy (non-hydrogen) atoms. The first-order valence-electron chi connectivity index (χ1n) is 13.2. The average Bonchev–Trinajstić information content (AvgIpc) is 2.94. The Morgan fingerprint density at radius 3 is 2.43 bits per heavy atom. The van der Waals surface area contributed by atoms with E-state index in [-0.39, 0.29) is 22.8 Å². The molecule has 1 aliphatic heterocycles. The number of anilines is 1. The highest BCUT2D eigenvalue weighted by Crippen LogP contribution is 2.16. The van der Waals surface area contributed by atoms with Crippen LogP contribution in [0.5, 0.6) is 0 Å². The number of rotatable bonds is 13. The number of hydrogen-bond acceptors (Lipinski definition) is 7. The number of carbonyl (C=O) groups is 3. The van der Waals surface area contributed by atoms with E-state index in [4.69, 9.17) is 0 Å². The van der Waals surface area contributed by atoms with Crippen LogP contribution in [-0.2, 0) is 9.59 Å². The van der Waals surface area contributed by atoms with Crippen LogP contribution in [0.1, 0.15) is 76.1 Å². The number of hydrazone groups is 1. The molecular weight excluding hydrogens is 468 g/mol. The van der Waals surface area contributed by atoms with Gasteiger partial charge >= 0.3 is 0 Å². The fraction of sp³-hybridized carbons (Fsp3) is 0.536. The van der Waals surface area contributed by atoms with Crippen molar-refractivity contribution in [3.63, 3.8) is 0 Å². The second-order valence-electron chi connectivity index (χ2n) is 9.39. The van der Waals surface area contributed by atoms with Crippen LogP contribution in [-0.4, -0.2) is 60.5 Å². The van der Waals surface area contributed by atoms with Gasteiger partial charge in [0.05, 0.1) is 11.3 Å². The van der Waals surface area contributed by atoms with Crippen molar-refractivity contribution in [1.82, 2.24) is 15.3 Å². The van der Waals surface area contributed by atoms with Gasteiger partial charge in [-0.2, -0.15) is 10.4 Å². The van der Waals surface area contributed by atoms with Gasteiger partial charge in [0.25, 0.3) is 11.8 Å². The summed E-state index contributed by atoms with van der Waals surface area (Å²) in [4.78, 5) is 37.3. The first-order valence-corrected chi connectivity index (χ1v) is 13.2.